The van der Waals surface area contributed by atoms with E-state index in [1.807, 2.05) is 6.07 Å². The van der Waals surface area contributed by atoms with E-state index in [0.29, 0.717) is 6.04 Å². The highest BCUT2D eigenvalue weighted by Crippen LogP contribution is 2.28. The van der Waals surface area contributed by atoms with Gasteiger partial charge in [-0.25, -0.2) is 0 Å². The Balaban J connectivity index is 1.96. The fourth-order valence-electron chi connectivity index (χ4n) is 3.09. The van der Waals surface area contributed by atoms with E-state index in [1.165, 1.54) is 5.56 Å². The number of benzene rings is 1. The molecule has 1 saturated heterocycles. The van der Waals surface area contributed by atoms with Crippen LogP contribution in [0.3, 0.4) is 0 Å². The summed E-state index contributed by atoms with van der Waals surface area (Å²) in [7, 11) is 6.34. The maximum Gasteiger partial charge on any atom is 0.123 e. The first-order valence-corrected chi connectivity index (χ1v) is 8.57. The molecule has 1 aromatic rings. The normalized spacial score (nSPS) is 20.9. The Morgan fingerprint density at radius 1 is 1.22 bits per heavy atom. The first-order valence-electron chi connectivity index (χ1n) is 8.57. The molecule has 1 aliphatic heterocycles. The summed E-state index contributed by atoms with van der Waals surface area (Å²) in [5.74, 6) is 1.01. The number of hydrogen-bond acceptors (Lipinski definition) is 4. The molecule has 0 spiro atoms. The second-order valence-electron chi connectivity index (χ2n) is 7.43. The van der Waals surface area contributed by atoms with Crippen molar-refractivity contribution in [1.29, 1.82) is 0 Å². The molecule has 0 amide bonds. The third kappa shape index (κ3) is 5.79. The van der Waals surface area contributed by atoms with Crippen molar-refractivity contribution < 1.29 is 9.47 Å². The molecule has 0 aliphatic carbocycles. The Hall–Kier alpha value is -1.10. The minimum atomic E-state index is -0.0150. The van der Waals surface area contributed by atoms with Crippen molar-refractivity contribution in [3.63, 3.8) is 0 Å². The molecular weight excluding hydrogens is 288 g/mol. The van der Waals surface area contributed by atoms with Crippen molar-refractivity contribution in [1.82, 2.24) is 9.80 Å². The predicted octanol–water partition coefficient (Wildman–Crippen LogP) is 3.02. The molecule has 4 heteroatoms. The molecule has 0 bridgehead atoms. The smallest absolute Gasteiger partial charge is 0.123 e. The SMILES string of the molecule is CN(C)CCOc1ccccc1CN(C)C1CCOC(C)(C)C1. The lowest BCUT2D eigenvalue weighted by atomic mass is 9.93. The quantitative estimate of drug-likeness (QED) is 0.771. The van der Waals surface area contributed by atoms with E-state index in [0.717, 1.165) is 44.9 Å². The first kappa shape index (κ1) is 18.2. The van der Waals surface area contributed by atoms with Crippen LogP contribution in [0.5, 0.6) is 5.75 Å². The van der Waals surface area contributed by atoms with Gasteiger partial charge in [0.05, 0.1) is 5.60 Å². The third-order valence-electron chi connectivity index (χ3n) is 4.48. The predicted molar refractivity (Wildman–Crippen MR) is 95.0 cm³/mol. The lowest BCUT2D eigenvalue weighted by molar-refractivity contribution is -0.0810. The summed E-state index contributed by atoms with van der Waals surface area (Å²) in [6.45, 7) is 7.79. The van der Waals surface area contributed by atoms with E-state index in [-0.39, 0.29) is 5.60 Å². The number of ether oxygens (including phenoxy) is 2. The lowest BCUT2D eigenvalue weighted by Gasteiger charge is -2.40. The number of rotatable bonds is 7. The van der Waals surface area contributed by atoms with Crippen LogP contribution < -0.4 is 4.74 Å². The van der Waals surface area contributed by atoms with Gasteiger partial charge in [0.15, 0.2) is 0 Å². The van der Waals surface area contributed by atoms with Crippen LogP contribution in [-0.2, 0) is 11.3 Å². The van der Waals surface area contributed by atoms with E-state index < -0.39 is 0 Å². The van der Waals surface area contributed by atoms with E-state index in [9.17, 15) is 0 Å². The zero-order valence-corrected chi connectivity index (χ0v) is 15.3. The van der Waals surface area contributed by atoms with Crippen LogP contribution in [-0.4, -0.2) is 62.3 Å². The van der Waals surface area contributed by atoms with Gasteiger partial charge in [0, 0.05) is 31.3 Å². The molecule has 1 fully saturated rings. The largest absolute Gasteiger partial charge is 0.492 e. The molecule has 1 aromatic carbocycles. The summed E-state index contributed by atoms with van der Waals surface area (Å²) < 4.78 is 11.8. The van der Waals surface area contributed by atoms with Crippen molar-refractivity contribution in [3.05, 3.63) is 29.8 Å². The topological polar surface area (TPSA) is 24.9 Å². The maximum absolute atomic E-state index is 5.98. The highest BCUT2D eigenvalue weighted by atomic mass is 16.5. The zero-order chi connectivity index (χ0) is 16.9. The highest BCUT2D eigenvalue weighted by Gasteiger charge is 2.31. The van der Waals surface area contributed by atoms with Gasteiger partial charge in [-0.2, -0.15) is 0 Å². The van der Waals surface area contributed by atoms with Crippen LogP contribution >= 0.6 is 0 Å². The number of likely N-dealkylation sites (N-methyl/N-ethyl adjacent to an activating group) is 1. The van der Waals surface area contributed by atoms with E-state index >= 15 is 0 Å². The van der Waals surface area contributed by atoms with E-state index in [2.05, 4.69) is 63.0 Å². The monoisotopic (exact) mass is 320 g/mol. The van der Waals surface area contributed by atoms with Crippen molar-refractivity contribution in [3.8, 4) is 5.75 Å². The second-order valence-corrected chi connectivity index (χ2v) is 7.43. The number of hydrogen-bond donors (Lipinski definition) is 0. The van der Waals surface area contributed by atoms with E-state index in [4.69, 9.17) is 9.47 Å². The average molecular weight is 320 g/mol. The minimum absolute atomic E-state index is 0.0150. The zero-order valence-electron chi connectivity index (χ0n) is 15.3. The number of para-hydroxylation sites is 1. The molecule has 1 atom stereocenters. The third-order valence-corrected chi connectivity index (χ3v) is 4.48. The van der Waals surface area contributed by atoms with Crippen molar-refractivity contribution in [2.45, 2.75) is 44.9 Å². The molecular formula is C19H32N2O2. The maximum atomic E-state index is 5.98. The van der Waals surface area contributed by atoms with Crippen LogP contribution in [0.4, 0.5) is 0 Å². The second kappa shape index (κ2) is 8.13. The summed E-state index contributed by atoms with van der Waals surface area (Å²) in [4.78, 5) is 4.58. The van der Waals surface area contributed by atoms with Crippen molar-refractivity contribution in [2.75, 3.05) is 40.9 Å². The number of nitrogens with zero attached hydrogens (tertiary/aromatic N) is 2. The Labute approximate surface area is 141 Å². The molecule has 0 radical (unpaired) electrons. The molecule has 1 unspecified atom stereocenters. The van der Waals surface area contributed by atoms with E-state index in [1.54, 1.807) is 0 Å². The molecule has 0 aromatic heterocycles. The van der Waals surface area contributed by atoms with Gasteiger partial charge >= 0.3 is 0 Å². The van der Waals surface area contributed by atoms with Crippen LogP contribution in [0.2, 0.25) is 0 Å². The molecule has 130 valence electrons. The molecule has 2 rings (SSSR count). The standard InChI is InChI=1S/C19H32N2O2/c1-19(2)14-17(10-12-23-19)21(5)15-16-8-6-7-9-18(16)22-13-11-20(3)4/h6-9,17H,10-15H2,1-5H3. The van der Waals surface area contributed by atoms with Gasteiger partial charge in [-0.3, -0.25) is 4.90 Å². The van der Waals surface area contributed by atoms with Gasteiger partial charge in [-0.15, -0.1) is 0 Å². The van der Waals surface area contributed by atoms with Crippen molar-refractivity contribution in [2.24, 2.45) is 0 Å². The van der Waals surface area contributed by atoms with Gasteiger partial charge in [0.2, 0.25) is 0 Å². The fraction of sp³-hybridized carbons (Fsp3) is 0.684. The Morgan fingerprint density at radius 2 is 1.96 bits per heavy atom. The Morgan fingerprint density at radius 3 is 2.65 bits per heavy atom. The van der Waals surface area contributed by atoms with Crippen LogP contribution in [0.15, 0.2) is 24.3 Å². The van der Waals surface area contributed by atoms with Crippen LogP contribution in [0, 0.1) is 0 Å². The summed E-state index contributed by atoms with van der Waals surface area (Å²) in [6.07, 6.45) is 2.18. The summed E-state index contributed by atoms with van der Waals surface area (Å²) in [5, 5.41) is 0. The molecule has 0 saturated carbocycles. The Bertz CT molecular complexity index is 488. The fourth-order valence-corrected chi connectivity index (χ4v) is 3.09. The molecule has 1 heterocycles. The molecule has 23 heavy (non-hydrogen) atoms. The van der Waals surface area contributed by atoms with Gasteiger partial charge in [-0.1, -0.05) is 18.2 Å². The van der Waals surface area contributed by atoms with Gasteiger partial charge in [0.25, 0.3) is 0 Å². The summed E-state index contributed by atoms with van der Waals surface area (Å²) in [5.41, 5.74) is 1.25. The molecule has 4 nitrogen and oxygen atoms in total. The molecule has 0 N–H and O–H groups in total. The highest BCUT2D eigenvalue weighted by molar-refractivity contribution is 5.33. The van der Waals surface area contributed by atoms with Gasteiger partial charge in [0.1, 0.15) is 12.4 Å². The summed E-state index contributed by atoms with van der Waals surface area (Å²) >= 11 is 0. The van der Waals surface area contributed by atoms with Crippen LogP contribution in [0.25, 0.3) is 0 Å². The summed E-state index contributed by atoms with van der Waals surface area (Å²) in [6, 6.07) is 8.95. The van der Waals surface area contributed by atoms with Crippen molar-refractivity contribution >= 4 is 0 Å². The molecule has 1 aliphatic rings. The minimum Gasteiger partial charge on any atom is -0.492 e. The average Bonchev–Trinajstić information content (AvgIpc) is 2.47. The van der Waals surface area contributed by atoms with Gasteiger partial charge in [-0.05, 0) is 53.9 Å². The lowest BCUT2D eigenvalue weighted by Crippen LogP contribution is -2.44. The van der Waals surface area contributed by atoms with Crippen LogP contribution in [0.1, 0.15) is 32.3 Å². The first-order chi connectivity index (χ1) is 10.9. The van der Waals surface area contributed by atoms with Gasteiger partial charge < -0.3 is 14.4 Å². The Kier molecular flexibility index (Phi) is 6.45.